The number of nitrogens with one attached hydrogen (secondary N) is 3. The van der Waals surface area contributed by atoms with E-state index in [1.807, 2.05) is 38.2 Å². The van der Waals surface area contributed by atoms with Gasteiger partial charge in [-0.1, -0.05) is 17.7 Å². The molecule has 1 aromatic carbocycles. The Balaban J connectivity index is 1.62. The molecule has 0 unspecified atom stereocenters. The highest BCUT2D eigenvalue weighted by Crippen LogP contribution is 2.19. The number of fused-ring (bicyclic) bond motifs is 1. The van der Waals surface area contributed by atoms with Gasteiger partial charge in [0.2, 0.25) is 5.91 Å². The molecule has 28 heavy (non-hydrogen) atoms. The number of rotatable bonds is 5. The molecule has 3 amide bonds. The van der Waals surface area contributed by atoms with Crippen molar-refractivity contribution in [2.75, 3.05) is 10.6 Å². The van der Waals surface area contributed by atoms with Crippen molar-refractivity contribution in [3.05, 3.63) is 65.6 Å². The van der Waals surface area contributed by atoms with Crippen molar-refractivity contribution in [2.24, 2.45) is 0 Å². The molecule has 8 heteroatoms. The van der Waals surface area contributed by atoms with E-state index in [0.29, 0.717) is 27.9 Å². The predicted molar refractivity (Wildman–Crippen MR) is 112 cm³/mol. The van der Waals surface area contributed by atoms with Crippen LogP contribution in [-0.4, -0.2) is 27.4 Å². The van der Waals surface area contributed by atoms with Gasteiger partial charge in [-0.2, -0.15) is 0 Å². The normalized spacial score (nSPS) is 11.1. The zero-order chi connectivity index (χ0) is 20.1. The number of pyridine rings is 1. The highest BCUT2D eigenvalue weighted by atomic mass is 35.5. The molecular formula is C20H20ClN5O2. The van der Waals surface area contributed by atoms with Crippen LogP contribution in [0.25, 0.3) is 11.7 Å². The molecule has 0 bridgehead atoms. The van der Waals surface area contributed by atoms with E-state index in [9.17, 15) is 9.59 Å². The van der Waals surface area contributed by atoms with E-state index in [1.165, 1.54) is 6.08 Å². The third-order valence-electron chi connectivity index (χ3n) is 3.74. The van der Waals surface area contributed by atoms with Crippen LogP contribution in [-0.2, 0) is 4.79 Å². The van der Waals surface area contributed by atoms with E-state index in [1.54, 1.807) is 34.7 Å². The van der Waals surface area contributed by atoms with Gasteiger partial charge in [0, 0.05) is 29.7 Å². The highest BCUT2D eigenvalue weighted by molar-refractivity contribution is 6.31. The number of halogens is 1. The second kappa shape index (κ2) is 8.58. The van der Waals surface area contributed by atoms with E-state index < -0.39 is 0 Å². The van der Waals surface area contributed by atoms with Gasteiger partial charge in [-0.05, 0) is 56.3 Å². The molecule has 0 fully saturated rings. The van der Waals surface area contributed by atoms with Crippen LogP contribution in [0.5, 0.6) is 0 Å². The molecule has 2 aromatic heterocycles. The second-order valence-corrected chi connectivity index (χ2v) is 6.73. The van der Waals surface area contributed by atoms with E-state index in [4.69, 9.17) is 11.6 Å². The lowest BCUT2D eigenvalue weighted by atomic mass is 10.2. The minimum absolute atomic E-state index is 0.0479. The summed E-state index contributed by atoms with van der Waals surface area (Å²) in [5.74, 6) is -0.305. The molecule has 0 atom stereocenters. The van der Waals surface area contributed by atoms with Gasteiger partial charge in [0.1, 0.15) is 5.65 Å². The quantitative estimate of drug-likeness (QED) is 0.564. The summed E-state index contributed by atoms with van der Waals surface area (Å²) >= 11 is 6.15. The smallest absolute Gasteiger partial charge is 0.319 e. The van der Waals surface area contributed by atoms with Crippen LogP contribution in [0.15, 0.2) is 54.7 Å². The Morgan fingerprint density at radius 3 is 2.43 bits per heavy atom. The van der Waals surface area contributed by atoms with Crippen molar-refractivity contribution in [2.45, 2.75) is 19.9 Å². The Hall–Kier alpha value is -3.32. The first-order chi connectivity index (χ1) is 13.4. The predicted octanol–water partition coefficient (Wildman–Crippen LogP) is 4.17. The van der Waals surface area contributed by atoms with Crippen LogP contribution < -0.4 is 16.0 Å². The number of anilines is 2. The lowest BCUT2D eigenvalue weighted by Crippen LogP contribution is -2.34. The maximum absolute atomic E-state index is 12.2. The van der Waals surface area contributed by atoms with Gasteiger partial charge in [-0.3, -0.25) is 9.20 Å². The Morgan fingerprint density at radius 2 is 1.75 bits per heavy atom. The zero-order valence-electron chi connectivity index (χ0n) is 15.4. The summed E-state index contributed by atoms with van der Waals surface area (Å²) in [4.78, 5) is 28.1. The van der Waals surface area contributed by atoms with Gasteiger partial charge in [-0.15, -0.1) is 0 Å². The fourth-order valence-electron chi connectivity index (χ4n) is 2.54. The summed E-state index contributed by atoms with van der Waals surface area (Å²) in [6.45, 7) is 3.76. The average Bonchev–Trinajstić information content (AvgIpc) is 2.96. The maximum Gasteiger partial charge on any atom is 0.319 e. The van der Waals surface area contributed by atoms with E-state index in [2.05, 4.69) is 20.9 Å². The standard InChI is InChI=1S/C20H20ClN5O2/c1-13(2)22-20(28)24-15-8-6-14(7-9-15)23-18(27)11-10-16-19(21)25-17-5-3-4-12-26(16)17/h3-13H,1-2H3,(H,23,27)(H2,22,24,28)/b11-10+. The molecule has 0 saturated carbocycles. The molecule has 0 aliphatic carbocycles. The van der Waals surface area contributed by atoms with Crippen LogP contribution in [0.2, 0.25) is 5.15 Å². The number of carbonyl (C=O) groups is 2. The maximum atomic E-state index is 12.2. The molecule has 0 spiro atoms. The number of imidazole rings is 1. The van der Waals surface area contributed by atoms with Crippen molar-refractivity contribution in [1.29, 1.82) is 0 Å². The van der Waals surface area contributed by atoms with Gasteiger partial charge >= 0.3 is 6.03 Å². The highest BCUT2D eigenvalue weighted by Gasteiger charge is 2.08. The number of nitrogens with zero attached hydrogens (tertiary/aromatic N) is 2. The van der Waals surface area contributed by atoms with Crippen LogP contribution in [0.3, 0.4) is 0 Å². The van der Waals surface area contributed by atoms with Crippen molar-refractivity contribution < 1.29 is 9.59 Å². The first-order valence-electron chi connectivity index (χ1n) is 8.71. The van der Waals surface area contributed by atoms with Crippen LogP contribution in [0, 0.1) is 0 Å². The van der Waals surface area contributed by atoms with E-state index in [-0.39, 0.29) is 18.0 Å². The Labute approximate surface area is 167 Å². The number of hydrogen-bond acceptors (Lipinski definition) is 3. The van der Waals surface area contributed by atoms with Gasteiger partial charge in [0.05, 0.1) is 5.69 Å². The molecule has 0 radical (unpaired) electrons. The van der Waals surface area contributed by atoms with E-state index in [0.717, 1.165) is 0 Å². The van der Waals surface area contributed by atoms with Crippen LogP contribution in [0.4, 0.5) is 16.2 Å². The molecule has 7 nitrogen and oxygen atoms in total. The van der Waals surface area contributed by atoms with Gasteiger partial charge in [-0.25, -0.2) is 9.78 Å². The van der Waals surface area contributed by atoms with Crippen molar-refractivity contribution in [3.8, 4) is 0 Å². The van der Waals surface area contributed by atoms with Crippen LogP contribution >= 0.6 is 11.6 Å². The number of hydrogen-bond donors (Lipinski definition) is 3. The zero-order valence-corrected chi connectivity index (χ0v) is 16.2. The lowest BCUT2D eigenvalue weighted by Gasteiger charge is -2.10. The fraction of sp³-hybridized carbons (Fsp3) is 0.150. The van der Waals surface area contributed by atoms with Gasteiger partial charge in [0.25, 0.3) is 0 Å². The number of urea groups is 1. The molecule has 3 N–H and O–H groups in total. The Morgan fingerprint density at radius 1 is 1.07 bits per heavy atom. The summed E-state index contributed by atoms with van der Waals surface area (Å²) in [5.41, 5.74) is 2.57. The monoisotopic (exact) mass is 397 g/mol. The summed E-state index contributed by atoms with van der Waals surface area (Å²) in [7, 11) is 0. The summed E-state index contributed by atoms with van der Waals surface area (Å²) in [6, 6.07) is 12.2. The van der Waals surface area contributed by atoms with Gasteiger partial charge in [0.15, 0.2) is 5.15 Å². The minimum Gasteiger partial charge on any atom is -0.336 e. The third kappa shape index (κ3) is 4.89. The molecule has 0 aliphatic heterocycles. The number of amides is 3. The van der Waals surface area contributed by atoms with E-state index >= 15 is 0 Å². The van der Waals surface area contributed by atoms with Gasteiger partial charge < -0.3 is 16.0 Å². The molecular weight excluding hydrogens is 378 g/mol. The molecule has 144 valence electrons. The number of aromatic nitrogens is 2. The summed E-state index contributed by atoms with van der Waals surface area (Å²) in [6.07, 6.45) is 4.83. The summed E-state index contributed by atoms with van der Waals surface area (Å²) in [5, 5.41) is 8.54. The molecule has 0 aliphatic rings. The minimum atomic E-state index is -0.305. The van der Waals surface area contributed by atoms with Crippen LogP contribution in [0.1, 0.15) is 19.5 Å². The molecule has 2 heterocycles. The average molecular weight is 398 g/mol. The summed E-state index contributed by atoms with van der Waals surface area (Å²) < 4.78 is 1.80. The first-order valence-corrected chi connectivity index (χ1v) is 9.09. The topological polar surface area (TPSA) is 87.5 Å². The van der Waals surface area contributed by atoms with Crippen molar-refractivity contribution >= 4 is 46.6 Å². The van der Waals surface area contributed by atoms with Crippen molar-refractivity contribution in [3.63, 3.8) is 0 Å². The molecule has 0 saturated heterocycles. The second-order valence-electron chi connectivity index (χ2n) is 6.37. The fourth-order valence-corrected chi connectivity index (χ4v) is 2.78. The molecule has 3 aromatic rings. The number of benzene rings is 1. The Kier molecular flexibility index (Phi) is 5.96. The SMILES string of the molecule is CC(C)NC(=O)Nc1ccc(NC(=O)/C=C/c2c(Cl)nc3ccccn23)cc1. The number of carbonyl (C=O) groups excluding carboxylic acids is 2. The third-order valence-corrected chi connectivity index (χ3v) is 4.02. The Bertz CT molecular complexity index is 1020. The molecule has 3 rings (SSSR count). The largest absolute Gasteiger partial charge is 0.336 e. The first kappa shape index (κ1) is 19.4. The lowest BCUT2D eigenvalue weighted by molar-refractivity contribution is -0.111. The van der Waals surface area contributed by atoms with Crippen molar-refractivity contribution in [1.82, 2.24) is 14.7 Å².